The predicted octanol–water partition coefficient (Wildman–Crippen LogP) is 2.68. The fourth-order valence-electron chi connectivity index (χ4n) is 4.00. The highest BCUT2D eigenvalue weighted by Gasteiger charge is 2.29. The SMILES string of the molecule is O=C1CC[C@@H](C(=O)Nc2cccc(CC3N=NC(=O)C4=C3CCCC4)c2)N1. The summed E-state index contributed by atoms with van der Waals surface area (Å²) in [6, 6.07) is 7.06. The Morgan fingerprint density at radius 3 is 2.85 bits per heavy atom. The molecule has 1 aliphatic carbocycles. The van der Waals surface area contributed by atoms with E-state index in [1.54, 1.807) is 0 Å². The van der Waals surface area contributed by atoms with Crippen molar-refractivity contribution < 1.29 is 14.4 Å². The molecule has 0 bridgehead atoms. The van der Waals surface area contributed by atoms with Gasteiger partial charge in [-0.3, -0.25) is 14.4 Å². The first-order chi connectivity index (χ1) is 13.1. The Morgan fingerprint density at radius 2 is 2.04 bits per heavy atom. The maximum Gasteiger partial charge on any atom is 0.291 e. The van der Waals surface area contributed by atoms with Gasteiger partial charge in [0, 0.05) is 24.1 Å². The van der Waals surface area contributed by atoms with Crippen LogP contribution in [0.4, 0.5) is 5.69 Å². The van der Waals surface area contributed by atoms with Crippen molar-refractivity contribution in [2.75, 3.05) is 5.32 Å². The molecular weight excluding hydrogens is 344 g/mol. The molecule has 1 aromatic carbocycles. The molecule has 27 heavy (non-hydrogen) atoms. The average Bonchev–Trinajstić information content (AvgIpc) is 3.11. The molecule has 140 valence electrons. The summed E-state index contributed by atoms with van der Waals surface area (Å²) in [6.07, 6.45) is 5.39. The Kier molecular flexibility index (Phi) is 4.83. The molecule has 1 unspecified atom stereocenters. The molecule has 7 nitrogen and oxygen atoms in total. The van der Waals surface area contributed by atoms with Crippen LogP contribution < -0.4 is 10.6 Å². The van der Waals surface area contributed by atoms with Crippen LogP contribution in [-0.2, 0) is 20.8 Å². The Balaban J connectivity index is 1.46. The number of anilines is 1. The van der Waals surface area contributed by atoms with E-state index in [1.807, 2.05) is 24.3 Å². The lowest BCUT2D eigenvalue weighted by Gasteiger charge is -2.25. The minimum Gasteiger partial charge on any atom is -0.344 e. The molecule has 3 amide bonds. The van der Waals surface area contributed by atoms with Crippen LogP contribution >= 0.6 is 0 Å². The summed E-state index contributed by atoms with van der Waals surface area (Å²) in [5.74, 6) is -0.462. The van der Waals surface area contributed by atoms with Gasteiger partial charge in [-0.05, 0) is 55.4 Å². The van der Waals surface area contributed by atoms with Crippen LogP contribution in [0.5, 0.6) is 0 Å². The molecular formula is C20H22N4O3. The van der Waals surface area contributed by atoms with E-state index >= 15 is 0 Å². The van der Waals surface area contributed by atoms with Gasteiger partial charge in [0.1, 0.15) is 6.04 Å². The van der Waals surface area contributed by atoms with Gasteiger partial charge >= 0.3 is 0 Å². The lowest BCUT2D eigenvalue weighted by atomic mass is 9.84. The van der Waals surface area contributed by atoms with Crippen molar-refractivity contribution >= 4 is 23.4 Å². The molecule has 1 saturated heterocycles. The number of nitrogens with one attached hydrogen (secondary N) is 2. The second-order valence-corrected chi connectivity index (χ2v) is 7.30. The summed E-state index contributed by atoms with van der Waals surface area (Å²) < 4.78 is 0. The highest BCUT2D eigenvalue weighted by Crippen LogP contribution is 2.33. The van der Waals surface area contributed by atoms with E-state index in [0.717, 1.165) is 42.4 Å². The molecule has 0 radical (unpaired) electrons. The fourth-order valence-corrected chi connectivity index (χ4v) is 4.00. The lowest BCUT2D eigenvalue weighted by molar-refractivity contribution is -0.122. The van der Waals surface area contributed by atoms with Crippen molar-refractivity contribution in [2.45, 2.75) is 57.0 Å². The topological polar surface area (TPSA) is 100.0 Å². The number of azo groups is 1. The van der Waals surface area contributed by atoms with Gasteiger partial charge in [-0.25, -0.2) is 0 Å². The molecule has 1 fully saturated rings. The molecule has 2 atom stereocenters. The molecule has 3 aliphatic rings. The van der Waals surface area contributed by atoms with Crippen molar-refractivity contribution in [3.8, 4) is 0 Å². The van der Waals surface area contributed by atoms with E-state index in [4.69, 9.17) is 0 Å². The minimum absolute atomic E-state index is 0.0855. The summed E-state index contributed by atoms with van der Waals surface area (Å²) in [5.41, 5.74) is 3.70. The minimum atomic E-state index is -0.464. The highest BCUT2D eigenvalue weighted by molar-refractivity contribution is 5.99. The van der Waals surface area contributed by atoms with Crippen LogP contribution in [0.15, 0.2) is 45.6 Å². The zero-order valence-electron chi connectivity index (χ0n) is 15.0. The predicted molar refractivity (Wildman–Crippen MR) is 99.1 cm³/mol. The number of nitrogens with zero attached hydrogens (tertiary/aromatic N) is 2. The monoisotopic (exact) mass is 366 g/mol. The van der Waals surface area contributed by atoms with Crippen LogP contribution in [-0.4, -0.2) is 29.8 Å². The zero-order chi connectivity index (χ0) is 18.8. The van der Waals surface area contributed by atoms with E-state index in [-0.39, 0.29) is 23.8 Å². The summed E-state index contributed by atoms with van der Waals surface area (Å²) in [4.78, 5) is 35.5. The molecule has 0 saturated carbocycles. The fraction of sp³-hybridized carbons (Fsp3) is 0.450. The molecule has 2 heterocycles. The molecule has 2 aliphatic heterocycles. The number of hydrogen-bond donors (Lipinski definition) is 2. The van der Waals surface area contributed by atoms with Crippen molar-refractivity contribution in [2.24, 2.45) is 10.2 Å². The summed E-state index contributed by atoms with van der Waals surface area (Å²) in [5, 5.41) is 13.6. The van der Waals surface area contributed by atoms with Gasteiger partial charge in [0.15, 0.2) is 0 Å². The Hall–Kier alpha value is -2.83. The van der Waals surface area contributed by atoms with Crippen LogP contribution in [0.1, 0.15) is 44.1 Å². The van der Waals surface area contributed by atoms with Crippen LogP contribution in [0.2, 0.25) is 0 Å². The quantitative estimate of drug-likeness (QED) is 0.857. The van der Waals surface area contributed by atoms with Crippen LogP contribution in [0.3, 0.4) is 0 Å². The van der Waals surface area contributed by atoms with Crippen molar-refractivity contribution in [3.63, 3.8) is 0 Å². The smallest absolute Gasteiger partial charge is 0.291 e. The average molecular weight is 366 g/mol. The summed E-state index contributed by atoms with van der Waals surface area (Å²) in [6.45, 7) is 0. The van der Waals surface area contributed by atoms with Crippen molar-refractivity contribution in [3.05, 3.63) is 41.0 Å². The highest BCUT2D eigenvalue weighted by atomic mass is 16.2. The number of carbonyl (C=O) groups excluding carboxylic acids is 3. The van der Waals surface area contributed by atoms with Crippen LogP contribution in [0, 0.1) is 0 Å². The molecule has 0 spiro atoms. The molecule has 1 aromatic rings. The standard InChI is InChI=1S/C20H22N4O3/c25-18-9-8-16(22-18)20(27)21-13-5-3-4-12(10-13)11-17-14-6-1-2-7-15(14)19(26)24-23-17/h3-5,10,16-17H,1-2,6-9,11H2,(H,21,27)(H,22,25)/t16-,17?/m0/s1. The van der Waals surface area contributed by atoms with Gasteiger partial charge < -0.3 is 10.6 Å². The molecule has 2 N–H and O–H groups in total. The van der Waals surface area contributed by atoms with Gasteiger partial charge in [-0.15, -0.1) is 5.11 Å². The Labute approximate surface area is 157 Å². The van der Waals surface area contributed by atoms with Gasteiger partial charge in [-0.1, -0.05) is 12.1 Å². The zero-order valence-corrected chi connectivity index (χ0v) is 15.0. The first-order valence-corrected chi connectivity index (χ1v) is 9.46. The van der Waals surface area contributed by atoms with Crippen molar-refractivity contribution in [1.82, 2.24) is 5.32 Å². The van der Waals surface area contributed by atoms with E-state index in [0.29, 0.717) is 24.9 Å². The third-order valence-electron chi connectivity index (χ3n) is 5.39. The third-order valence-corrected chi connectivity index (χ3v) is 5.39. The largest absolute Gasteiger partial charge is 0.344 e. The Bertz CT molecular complexity index is 859. The van der Waals surface area contributed by atoms with Crippen molar-refractivity contribution in [1.29, 1.82) is 0 Å². The number of amides is 3. The van der Waals surface area contributed by atoms with Gasteiger partial charge in [0.25, 0.3) is 5.91 Å². The summed E-state index contributed by atoms with van der Waals surface area (Å²) in [7, 11) is 0. The van der Waals surface area contributed by atoms with E-state index in [1.165, 1.54) is 0 Å². The normalized spacial score (nSPS) is 24.6. The van der Waals surface area contributed by atoms with E-state index in [2.05, 4.69) is 20.9 Å². The lowest BCUT2D eigenvalue weighted by Crippen LogP contribution is -2.37. The summed E-state index contributed by atoms with van der Waals surface area (Å²) >= 11 is 0. The maximum absolute atomic E-state index is 12.3. The number of rotatable bonds is 4. The molecule has 0 aromatic heterocycles. The third kappa shape index (κ3) is 3.82. The number of hydrogen-bond acceptors (Lipinski definition) is 4. The number of benzene rings is 1. The molecule has 7 heteroatoms. The number of carbonyl (C=O) groups is 3. The second kappa shape index (κ2) is 7.42. The second-order valence-electron chi connectivity index (χ2n) is 7.30. The van der Waals surface area contributed by atoms with E-state index < -0.39 is 6.04 Å². The molecule has 4 rings (SSSR count). The first kappa shape index (κ1) is 17.6. The maximum atomic E-state index is 12.3. The van der Waals surface area contributed by atoms with Gasteiger partial charge in [-0.2, -0.15) is 5.11 Å². The van der Waals surface area contributed by atoms with Gasteiger partial charge in [0.05, 0.1) is 6.04 Å². The van der Waals surface area contributed by atoms with E-state index in [9.17, 15) is 14.4 Å². The first-order valence-electron chi connectivity index (χ1n) is 9.46. The van der Waals surface area contributed by atoms with Gasteiger partial charge in [0.2, 0.25) is 11.8 Å². The van der Waals surface area contributed by atoms with Crippen LogP contribution in [0.25, 0.3) is 0 Å². The Morgan fingerprint density at radius 1 is 1.19 bits per heavy atom.